The molecule has 1 aromatic rings. The van der Waals surface area contributed by atoms with Crippen molar-refractivity contribution in [3.8, 4) is 5.75 Å². The topological polar surface area (TPSA) is 35.2 Å². The van der Waals surface area contributed by atoms with Crippen molar-refractivity contribution in [2.75, 3.05) is 13.2 Å². The van der Waals surface area contributed by atoms with Crippen molar-refractivity contribution < 1.29 is 4.74 Å². The SMILES string of the molecule is CC(C)c1ccc(OCC2(CN)CCCC2)cc1. The average molecular weight is 247 g/mol. The molecule has 0 spiro atoms. The van der Waals surface area contributed by atoms with Crippen LogP contribution in [0.2, 0.25) is 0 Å². The molecule has 1 saturated carbocycles. The van der Waals surface area contributed by atoms with E-state index in [0.29, 0.717) is 5.92 Å². The second-order valence-electron chi connectivity index (χ2n) is 5.92. The Labute approximate surface area is 111 Å². The zero-order chi connectivity index (χ0) is 13.0. The van der Waals surface area contributed by atoms with Gasteiger partial charge in [-0.05, 0) is 36.5 Å². The van der Waals surface area contributed by atoms with Gasteiger partial charge in [0, 0.05) is 12.0 Å². The summed E-state index contributed by atoms with van der Waals surface area (Å²) in [6.45, 7) is 5.93. The monoisotopic (exact) mass is 247 g/mol. The second kappa shape index (κ2) is 5.75. The van der Waals surface area contributed by atoms with E-state index in [1.54, 1.807) is 0 Å². The lowest BCUT2D eigenvalue weighted by Gasteiger charge is -2.27. The molecule has 2 N–H and O–H groups in total. The third kappa shape index (κ3) is 3.05. The van der Waals surface area contributed by atoms with E-state index in [-0.39, 0.29) is 5.41 Å². The van der Waals surface area contributed by atoms with Crippen LogP contribution >= 0.6 is 0 Å². The summed E-state index contributed by atoms with van der Waals surface area (Å²) in [5.74, 6) is 1.54. The molecule has 0 unspecified atom stereocenters. The van der Waals surface area contributed by atoms with Gasteiger partial charge in [0.25, 0.3) is 0 Å². The molecular formula is C16H25NO. The molecular weight excluding hydrogens is 222 g/mol. The molecule has 0 aliphatic heterocycles. The third-order valence-electron chi connectivity index (χ3n) is 4.19. The molecule has 0 amide bonds. The fraction of sp³-hybridized carbons (Fsp3) is 0.625. The summed E-state index contributed by atoms with van der Waals surface area (Å²) < 4.78 is 5.94. The van der Waals surface area contributed by atoms with Gasteiger partial charge in [0.1, 0.15) is 5.75 Å². The van der Waals surface area contributed by atoms with Crippen molar-refractivity contribution in [3.63, 3.8) is 0 Å². The summed E-state index contributed by atoms with van der Waals surface area (Å²) in [6.07, 6.45) is 5.03. The molecule has 1 aliphatic rings. The minimum Gasteiger partial charge on any atom is -0.493 e. The van der Waals surface area contributed by atoms with Gasteiger partial charge in [-0.15, -0.1) is 0 Å². The van der Waals surface area contributed by atoms with Crippen LogP contribution in [0.1, 0.15) is 51.0 Å². The number of hydrogen-bond donors (Lipinski definition) is 1. The van der Waals surface area contributed by atoms with Crippen molar-refractivity contribution in [2.24, 2.45) is 11.1 Å². The lowest BCUT2D eigenvalue weighted by molar-refractivity contribution is 0.157. The lowest BCUT2D eigenvalue weighted by Crippen LogP contribution is -2.33. The maximum Gasteiger partial charge on any atom is 0.119 e. The number of nitrogens with two attached hydrogens (primary N) is 1. The molecule has 100 valence electrons. The largest absolute Gasteiger partial charge is 0.493 e. The molecule has 0 atom stereocenters. The van der Waals surface area contributed by atoms with Gasteiger partial charge >= 0.3 is 0 Å². The highest BCUT2D eigenvalue weighted by Gasteiger charge is 2.33. The normalized spacial score (nSPS) is 18.2. The van der Waals surface area contributed by atoms with Gasteiger partial charge in [-0.25, -0.2) is 0 Å². The highest BCUT2D eigenvalue weighted by molar-refractivity contribution is 5.28. The Morgan fingerprint density at radius 3 is 2.28 bits per heavy atom. The van der Waals surface area contributed by atoms with Crippen molar-refractivity contribution in [1.82, 2.24) is 0 Å². The first-order valence-corrected chi connectivity index (χ1v) is 7.08. The summed E-state index contributed by atoms with van der Waals surface area (Å²) in [5.41, 5.74) is 7.51. The van der Waals surface area contributed by atoms with Gasteiger partial charge in [-0.2, -0.15) is 0 Å². The Hall–Kier alpha value is -1.02. The Balaban J connectivity index is 1.93. The van der Waals surface area contributed by atoms with Crippen molar-refractivity contribution >= 4 is 0 Å². The van der Waals surface area contributed by atoms with E-state index < -0.39 is 0 Å². The van der Waals surface area contributed by atoms with Gasteiger partial charge in [0.2, 0.25) is 0 Å². The molecule has 1 aliphatic carbocycles. The third-order valence-corrected chi connectivity index (χ3v) is 4.19. The fourth-order valence-electron chi connectivity index (χ4n) is 2.72. The summed E-state index contributed by atoms with van der Waals surface area (Å²) in [7, 11) is 0. The molecule has 0 radical (unpaired) electrons. The first-order valence-electron chi connectivity index (χ1n) is 7.08. The van der Waals surface area contributed by atoms with Crippen LogP contribution in [0.15, 0.2) is 24.3 Å². The molecule has 1 fully saturated rings. The van der Waals surface area contributed by atoms with Gasteiger partial charge in [0.05, 0.1) is 6.61 Å². The average Bonchev–Trinajstić information content (AvgIpc) is 2.86. The van der Waals surface area contributed by atoms with E-state index in [2.05, 4.69) is 38.1 Å². The van der Waals surface area contributed by atoms with Gasteiger partial charge in [-0.1, -0.05) is 38.8 Å². The maximum absolute atomic E-state index is 5.94. The minimum atomic E-state index is 0.233. The molecule has 18 heavy (non-hydrogen) atoms. The maximum atomic E-state index is 5.94. The predicted molar refractivity (Wildman–Crippen MR) is 76.0 cm³/mol. The number of hydrogen-bond acceptors (Lipinski definition) is 2. The highest BCUT2D eigenvalue weighted by atomic mass is 16.5. The van der Waals surface area contributed by atoms with Crippen molar-refractivity contribution in [3.05, 3.63) is 29.8 Å². The Kier molecular flexibility index (Phi) is 4.28. The molecule has 0 aromatic heterocycles. The Morgan fingerprint density at radius 2 is 1.78 bits per heavy atom. The molecule has 2 heteroatoms. The number of benzene rings is 1. The van der Waals surface area contributed by atoms with Crippen LogP contribution in [0, 0.1) is 5.41 Å². The quantitative estimate of drug-likeness (QED) is 0.861. The fourth-order valence-corrected chi connectivity index (χ4v) is 2.72. The van der Waals surface area contributed by atoms with E-state index in [1.807, 2.05) is 0 Å². The number of ether oxygens (including phenoxy) is 1. The van der Waals surface area contributed by atoms with Crippen LogP contribution in [0.4, 0.5) is 0 Å². The number of rotatable bonds is 5. The van der Waals surface area contributed by atoms with Gasteiger partial charge in [0.15, 0.2) is 0 Å². The van der Waals surface area contributed by atoms with Gasteiger partial charge < -0.3 is 10.5 Å². The van der Waals surface area contributed by atoms with Crippen molar-refractivity contribution in [1.29, 1.82) is 0 Å². The van der Waals surface area contributed by atoms with Crippen LogP contribution < -0.4 is 10.5 Å². The molecule has 0 heterocycles. The summed E-state index contributed by atoms with van der Waals surface area (Å²) in [5, 5.41) is 0. The molecule has 1 aromatic carbocycles. The second-order valence-corrected chi connectivity index (χ2v) is 5.92. The highest BCUT2D eigenvalue weighted by Crippen LogP contribution is 2.37. The predicted octanol–water partition coefficient (Wildman–Crippen LogP) is 3.71. The van der Waals surface area contributed by atoms with E-state index in [0.717, 1.165) is 18.9 Å². The summed E-state index contributed by atoms with van der Waals surface area (Å²) in [4.78, 5) is 0. The van der Waals surface area contributed by atoms with Crippen LogP contribution in [-0.2, 0) is 0 Å². The van der Waals surface area contributed by atoms with Gasteiger partial charge in [-0.3, -0.25) is 0 Å². The summed E-state index contributed by atoms with van der Waals surface area (Å²) in [6, 6.07) is 8.47. The van der Waals surface area contributed by atoms with E-state index in [1.165, 1.54) is 31.2 Å². The molecule has 0 saturated heterocycles. The Bertz CT molecular complexity index is 363. The lowest BCUT2D eigenvalue weighted by atomic mass is 9.87. The van der Waals surface area contributed by atoms with Crippen LogP contribution in [0.25, 0.3) is 0 Å². The minimum absolute atomic E-state index is 0.233. The summed E-state index contributed by atoms with van der Waals surface area (Å²) >= 11 is 0. The smallest absolute Gasteiger partial charge is 0.119 e. The zero-order valence-electron chi connectivity index (χ0n) is 11.6. The van der Waals surface area contributed by atoms with Crippen LogP contribution in [0.5, 0.6) is 5.75 Å². The molecule has 2 rings (SSSR count). The zero-order valence-corrected chi connectivity index (χ0v) is 11.6. The Morgan fingerprint density at radius 1 is 1.17 bits per heavy atom. The first-order chi connectivity index (χ1) is 8.65. The standard InChI is InChI=1S/C16H25NO/c1-13(2)14-5-7-15(8-6-14)18-12-16(11-17)9-3-4-10-16/h5-8,13H,3-4,9-12,17H2,1-2H3. The first kappa shape index (κ1) is 13.4. The van der Waals surface area contributed by atoms with E-state index in [9.17, 15) is 0 Å². The van der Waals surface area contributed by atoms with E-state index in [4.69, 9.17) is 10.5 Å². The van der Waals surface area contributed by atoms with E-state index >= 15 is 0 Å². The molecule has 2 nitrogen and oxygen atoms in total. The van der Waals surface area contributed by atoms with Crippen LogP contribution in [0.3, 0.4) is 0 Å². The van der Waals surface area contributed by atoms with Crippen molar-refractivity contribution in [2.45, 2.75) is 45.4 Å². The molecule has 0 bridgehead atoms. The van der Waals surface area contributed by atoms with Crippen LogP contribution in [-0.4, -0.2) is 13.2 Å².